The molecule has 0 heterocycles. The highest BCUT2D eigenvalue weighted by Gasteiger charge is 2.21. The molecule has 0 radical (unpaired) electrons. The standard InChI is InChI=1S/C23H50N6O5/c1-34-17-16-28-20(30)10-11-23(33)29(18-21(31)26-14-8-4-2-6-12-24)19-22(32)27-15-9-5-3-7-13-25/h21-22,26-27,31-32H,2-19,24-25H2,1H3,(H,28,30). The zero-order chi connectivity index (χ0) is 25.4. The van der Waals surface area contributed by atoms with Gasteiger partial charge in [0.05, 0.1) is 19.7 Å². The van der Waals surface area contributed by atoms with Crippen molar-refractivity contribution in [3.8, 4) is 0 Å². The molecule has 0 saturated carbocycles. The minimum atomic E-state index is -0.919. The van der Waals surface area contributed by atoms with Crippen LogP contribution in [0.4, 0.5) is 0 Å². The SMILES string of the molecule is COCCNC(=O)CCC(=O)N(CC(O)NCCCCCCN)CC(O)NCCCCCCN. The van der Waals surface area contributed by atoms with Gasteiger partial charge in [0.2, 0.25) is 11.8 Å². The molecule has 0 aromatic rings. The van der Waals surface area contributed by atoms with Crippen LogP contribution in [0.25, 0.3) is 0 Å². The summed E-state index contributed by atoms with van der Waals surface area (Å²) >= 11 is 0. The number of aliphatic hydroxyl groups is 2. The fraction of sp³-hybridized carbons (Fsp3) is 0.913. The number of rotatable bonds is 24. The monoisotopic (exact) mass is 490 g/mol. The second kappa shape index (κ2) is 23.4. The number of hydrogen-bond acceptors (Lipinski definition) is 9. The summed E-state index contributed by atoms with van der Waals surface area (Å²) in [6, 6.07) is 0. The van der Waals surface area contributed by atoms with Gasteiger partial charge in [0.25, 0.3) is 0 Å². The van der Waals surface area contributed by atoms with Crippen molar-refractivity contribution < 1.29 is 24.5 Å². The largest absolute Gasteiger partial charge is 0.383 e. The smallest absolute Gasteiger partial charge is 0.223 e. The predicted molar refractivity (Wildman–Crippen MR) is 134 cm³/mol. The molecule has 2 amide bonds. The van der Waals surface area contributed by atoms with Crippen LogP contribution >= 0.6 is 0 Å². The zero-order valence-corrected chi connectivity index (χ0v) is 21.1. The highest BCUT2D eigenvalue weighted by molar-refractivity contribution is 5.83. The summed E-state index contributed by atoms with van der Waals surface area (Å²) in [6.45, 7) is 3.46. The van der Waals surface area contributed by atoms with Gasteiger partial charge in [-0.3, -0.25) is 20.2 Å². The maximum atomic E-state index is 12.8. The van der Waals surface area contributed by atoms with Crippen LogP contribution in [0.3, 0.4) is 0 Å². The lowest BCUT2D eigenvalue weighted by atomic mass is 10.2. The number of amides is 2. The molecular weight excluding hydrogens is 440 g/mol. The summed E-state index contributed by atoms with van der Waals surface area (Å²) in [6.07, 6.45) is 6.12. The van der Waals surface area contributed by atoms with Crippen LogP contribution in [-0.4, -0.2) is 98.9 Å². The predicted octanol–water partition coefficient (Wildman–Crippen LogP) is -0.788. The van der Waals surface area contributed by atoms with Gasteiger partial charge >= 0.3 is 0 Å². The van der Waals surface area contributed by atoms with Crippen LogP contribution in [0.15, 0.2) is 0 Å². The number of carbonyl (C=O) groups excluding carboxylic acids is 2. The van der Waals surface area contributed by atoms with E-state index in [9.17, 15) is 19.8 Å². The Morgan fingerprint density at radius 1 is 0.794 bits per heavy atom. The average molecular weight is 491 g/mol. The Balaban J connectivity index is 4.56. The molecule has 0 aliphatic carbocycles. The fourth-order valence-electron chi connectivity index (χ4n) is 3.37. The maximum absolute atomic E-state index is 12.8. The molecule has 0 bridgehead atoms. The first-order chi connectivity index (χ1) is 16.4. The summed E-state index contributed by atoms with van der Waals surface area (Å²) in [7, 11) is 1.55. The summed E-state index contributed by atoms with van der Waals surface area (Å²) < 4.78 is 4.89. The van der Waals surface area contributed by atoms with Crippen molar-refractivity contribution in [2.45, 2.75) is 76.7 Å². The van der Waals surface area contributed by atoms with Gasteiger partial charge in [-0.2, -0.15) is 0 Å². The normalized spacial score (nSPS) is 13.0. The van der Waals surface area contributed by atoms with Crippen LogP contribution in [0, 0.1) is 0 Å². The second-order valence-corrected chi connectivity index (χ2v) is 8.49. The molecule has 11 nitrogen and oxygen atoms in total. The molecule has 9 N–H and O–H groups in total. The van der Waals surface area contributed by atoms with Crippen LogP contribution < -0.4 is 27.4 Å². The van der Waals surface area contributed by atoms with Crippen molar-refractivity contribution in [2.75, 3.05) is 59.5 Å². The first kappa shape index (κ1) is 32.7. The third-order valence-electron chi connectivity index (χ3n) is 5.36. The highest BCUT2D eigenvalue weighted by Crippen LogP contribution is 2.03. The van der Waals surface area contributed by atoms with Crippen molar-refractivity contribution in [1.82, 2.24) is 20.9 Å². The summed E-state index contributed by atoms with van der Waals surface area (Å²) in [5.74, 6) is -0.535. The average Bonchev–Trinajstić information content (AvgIpc) is 2.81. The molecule has 2 atom stereocenters. The second-order valence-electron chi connectivity index (χ2n) is 8.49. The lowest BCUT2D eigenvalue weighted by Crippen LogP contribution is -2.49. The lowest BCUT2D eigenvalue weighted by Gasteiger charge is -2.28. The molecule has 0 aromatic carbocycles. The lowest BCUT2D eigenvalue weighted by molar-refractivity contribution is -0.136. The third-order valence-corrected chi connectivity index (χ3v) is 5.36. The van der Waals surface area contributed by atoms with E-state index in [1.807, 2.05) is 0 Å². The fourth-order valence-corrected chi connectivity index (χ4v) is 3.37. The molecule has 34 heavy (non-hydrogen) atoms. The van der Waals surface area contributed by atoms with Gasteiger partial charge in [0.1, 0.15) is 12.5 Å². The number of methoxy groups -OCH3 is 1. The number of nitrogens with one attached hydrogen (secondary N) is 3. The molecule has 11 heteroatoms. The number of hydrogen-bond donors (Lipinski definition) is 7. The van der Waals surface area contributed by atoms with E-state index in [4.69, 9.17) is 16.2 Å². The van der Waals surface area contributed by atoms with E-state index in [0.29, 0.717) is 39.3 Å². The van der Waals surface area contributed by atoms with Gasteiger partial charge in [-0.15, -0.1) is 0 Å². The molecule has 202 valence electrons. The van der Waals surface area contributed by atoms with Crippen LogP contribution in [0.2, 0.25) is 0 Å². The van der Waals surface area contributed by atoms with Gasteiger partial charge in [0.15, 0.2) is 0 Å². The summed E-state index contributed by atoms with van der Waals surface area (Å²) in [4.78, 5) is 26.1. The Labute approximate surface area is 205 Å². The topological polar surface area (TPSA) is 175 Å². The number of nitrogens with zero attached hydrogens (tertiary/aromatic N) is 1. The van der Waals surface area contributed by atoms with Crippen molar-refractivity contribution in [2.24, 2.45) is 11.5 Å². The maximum Gasteiger partial charge on any atom is 0.223 e. The molecule has 0 aliphatic heterocycles. The number of carbonyl (C=O) groups is 2. The quantitative estimate of drug-likeness (QED) is 0.0675. The number of ether oxygens (including phenoxy) is 1. The van der Waals surface area contributed by atoms with E-state index in [1.54, 1.807) is 7.11 Å². The number of aliphatic hydroxyl groups excluding tert-OH is 2. The third kappa shape index (κ3) is 20.1. The van der Waals surface area contributed by atoms with Gasteiger partial charge in [-0.1, -0.05) is 25.7 Å². The van der Waals surface area contributed by atoms with E-state index in [1.165, 1.54) is 4.90 Å². The first-order valence-electron chi connectivity index (χ1n) is 12.7. The minimum absolute atomic E-state index is 0.00354. The molecule has 0 aromatic heterocycles. The van der Waals surface area contributed by atoms with Crippen LogP contribution in [0.1, 0.15) is 64.2 Å². The Hall–Kier alpha value is -1.34. The number of unbranched alkanes of at least 4 members (excludes halogenated alkanes) is 6. The molecule has 0 fully saturated rings. The zero-order valence-electron chi connectivity index (χ0n) is 21.1. The van der Waals surface area contributed by atoms with Crippen molar-refractivity contribution in [3.63, 3.8) is 0 Å². The van der Waals surface area contributed by atoms with Crippen LogP contribution in [0.5, 0.6) is 0 Å². The van der Waals surface area contributed by atoms with Crippen molar-refractivity contribution in [3.05, 3.63) is 0 Å². The van der Waals surface area contributed by atoms with E-state index in [-0.39, 0.29) is 37.7 Å². The van der Waals surface area contributed by atoms with Crippen molar-refractivity contribution >= 4 is 11.8 Å². The van der Waals surface area contributed by atoms with Gasteiger partial charge in [-0.25, -0.2) is 0 Å². The number of nitrogens with two attached hydrogens (primary N) is 2. The minimum Gasteiger partial charge on any atom is -0.383 e. The van der Waals surface area contributed by atoms with E-state index >= 15 is 0 Å². The van der Waals surface area contributed by atoms with Gasteiger partial charge in [-0.05, 0) is 51.9 Å². The Bertz CT molecular complexity index is 476. The molecule has 0 rings (SSSR count). The molecule has 0 saturated heterocycles. The summed E-state index contributed by atoms with van der Waals surface area (Å²) in [5.41, 5.74) is 11.0. The molecule has 0 spiro atoms. The van der Waals surface area contributed by atoms with Gasteiger partial charge in [0, 0.05) is 26.5 Å². The Kier molecular flexibility index (Phi) is 22.5. The molecule has 2 unspecified atom stereocenters. The first-order valence-corrected chi connectivity index (χ1v) is 12.7. The van der Waals surface area contributed by atoms with E-state index < -0.39 is 12.5 Å². The highest BCUT2D eigenvalue weighted by atomic mass is 16.5. The van der Waals surface area contributed by atoms with Crippen LogP contribution in [-0.2, 0) is 14.3 Å². The van der Waals surface area contributed by atoms with E-state index in [0.717, 1.165) is 51.4 Å². The van der Waals surface area contributed by atoms with Gasteiger partial charge < -0.3 is 36.6 Å². The molecule has 0 aliphatic rings. The Morgan fingerprint density at radius 2 is 1.29 bits per heavy atom. The van der Waals surface area contributed by atoms with Crippen molar-refractivity contribution in [1.29, 1.82) is 0 Å². The van der Waals surface area contributed by atoms with E-state index in [2.05, 4.69) is 16.0 Å². The summed E-state index contributed by atoms with van der Waals surface area (Å²) in [5, 5.41) is 29.5. The molecular formula is C23H50N6O5. The Morgan fingerprint density at radius 3 is 1.76 bits per heavy atom.